The van der Waals surface area contributed by atoms with Crippen molar-refractivity contribution in [3.05, 3.63) is 63.2 Å². The molecular weight excluding hydrogens is 440 g/mol. The molecule has 180 valence electrons. The van der Waals surface area contributed by atoms with E-state index in [1.807, 2.05) is 12.1 Å². The van der Waals surface area contributed by atoms with Crippen LogP contribution in [0.3, 0.4) is 0 Å². The summed E-state index contributed by atoms with van der Waals surface area (Å²) in [6.45, 7) is 19.8. The summed E-state index contributed by atoms with van der Waals surface area (Å²) in [5.41, 5.74) is 6.09. The van der Waals surface area contributed by atoms with Crippen molar-refractivity contribution >= 4 is 33.5 Å². The lowest BCUT2D eigenvalue weighted by molar-refractivity contribution is 0.454. The quantitative estimate of drug-likeness (QED) is 0.439. The molecule has 0 saturated heterocycles. The normalized spacial score (nSPS) is 24.1. The Hall–Kier alpha value is -2.27. The van der Waals surface area contributed by atoms with Gasteiger partial charge in [0, 0.05) is 36.1 Å². The molecule has 2 atom stereocenters. The average molecular weight is 477 g/mol. The van der Waals surface area contributed by atoms with Crippen LogP contribution in [-0.2, 0) is 0 Å². The van der Waals surface area contributed by atoms with Gasteiger partial charge < -0.3 is 9.32 Å². The molecule has 4 nitrogen and oxygen atoms in total. The van der Waals surface area contributed by atoms with Gasteiger partial charge in [0.2, 0.25) is 0 Å². The summed E-state index contributed by atoms with van der Waals surface area (Å²) in [6, 6.07) is 8.11. The van der Waals surface area contributed by atoms with Crippen LogP contribution in [0.15, 0.2) is 61.4 Å². The third-order valence-electron chi connectivity index (χ3n) is 7.49. The molecule has 1 aromatic carbocycles. The van der Waals surface area contributed by atoms with Crippen LogP contribution in [-0.4, -0.2) is 22.9 Å². The van der Waals surface area contributed by atoms with Gasteiger partial charge in [-0.1, -0.05) is 65.0 Å². The molecule has 1 aliphatic heterocycles. The number of hydrogen-bond acceptors (Lipinski definition) is 5. The van der Waals surface area contributed by atoms with E-state index in [2.05, 4.69) is 78.5 Å². The number of nitrogens with zero attached hydrogens (tertiary/aromatic N) is 2. The zero-order valence-corrected chi connectivity index (χ0v) is 22.5. The van der Waals surface area contributed by atoms with E-state index in [1.165, 1.54) is 16.8 Å². The van der Waals surface area contributed by atoms with Crippen LogP contribution in [0, 0.1) is 16.7 Å². The Morgan fingerprint density at radius 3 is 2.41 bits per heavy atom. The van der Waals surface area contributed by atoms with Crippen molar-refractivity contribution in [2.45, 2.75) is 66.6 Å². The Labute approximate surface area is 207 Å². The minimum atomic E-state index is -0.301. The van der Waals surface area contributed by atoms with Crippen LogP contribution in [0.4, 0.5) is 5.69 Å². The molecule has 2 aromatic rings. The van der Waals surface area contributed by atoms with Crippen LogP contribution in [0.1, 0.15) is 67.4 Å². The van der Waals surface area contributed by atoms with E-state index < -0.39 is 0 Å². The largest absolute Gasteiger partial charge is 0.422 e. The molecule has 1 fully saturated rings. The molecule has 0 N–H and O–H groups in total. The topological polar surface area (TPSA) is 45.8 Å². The Balaban J connectivity index is 1.61. The van der Waals surface area contributed by atoms with Crippen LogP contribution >= 0.6 is 11.8 Å². The van der Waals surface area contributed by atoms with Crippen molar-refractivity contribution in [1.82, 2.24) is 0 Å². The maximum Gasteiger partial charge on any atom is 0.346 e. The van der Waals surface area contributed by atoms with Gasteiger partial charge in [-0.05, 0) is 54.9 Å². The van der Waals surface area contributed by atoms with Gasteiger partial charge in [0.1, 0.15) is 10.6 Å². The predicted molar refractivity (Wildman–Crippen MR) is 145 cm³/mol. The number of rotatable bonds is 4. The number of fused-ring (bicyclic) bond motifs is 1. The SMILES string of the molecule is CCN(CC)c1ccc2cc(C3=NC4=C(C(C)(C)C)C=C(C(C)(C)C)C5CC45S3)c(=O)oc2c1. The third-order valence-corrected chi connectivity index (χ3v) is 9.00. The zero-order chi connectivity index (χ0) is 24.6. The first-order valence-corrected chi connectivity index (χ1v) is 13.3. The second kappa shape index (κ2) is 7.61. The molecule has 2 unspecified atom stereocenters. The lowest BCUT2D eigenvalue weighted by atomic mass is 9.74. The lowest BCUT2D eigenvalue weighted by Gasteiger charge is -2.33. The summed E-state index contributed by atoms with van der Waals surface area (Å²) in [5, 5.41) is 1.75. The Morgan fingerprint density at radius 1 is 1.09 bits per heavy atom. The minimum absolute atomic E-state index is 0.0131. The van der Waals surface area contributed by atoms with E-state index in [9.17, 15) is 4.79 Å². The van der Waals surface area contributed by atoms with Crippen molar-refractivity contribution in [2.24, 2.45) is 21.7 Å². The smallest absolute Gasteiger partial charge is 0.346 e. The number of benzene rings is 1. The maximum atomic E-state index is 13.2. The molecule has 0 bridgehead atoms. The average Bonchev–Trinajstić information content (AvgIpc) is 3.34. The van der Waals surface area contributed by atoms with E-state index in [0.717, 1.165) is 35.6 Å². The first-order valence-electron chi connectivity index (χ1n) is 12.5. The molecule has 1 saturated carbocycles. The summed E-state index contributed by atoms with van der Waals surface area (Å²) in [7, 11) is 0. The minimum Gasteiger partial charge on any atom is -0.422 e. The molecule has 34 heavy (non-hydrogen) atoms. The van der Waals surface area contributed by atoms with Gasteiger partial charge in [-0.15, -0.1) is 0 Å². The maximum absolute atomic E-state index is 13.2. The molecular formula is C29H36N2O2S. The fraction of sp³-hybridized carbons (Fsp3) is 0.517. The lowest BCUT2D eigenvalue weighted by Crippen LogP contribution is -2.25. The number of hydrogen-bond donors (Lipinski definition) is 0. The molecule has 5 heteroatoms. The van der Waals surface area contributed by atoms with Gasteiger partial charge in [-0.3, -0.25) is 0 Å². The van der Waals surface area contributed by atoms with Gasteiger partial charge in [-0.25, -0.2) is 9.79 Å². The van der Waals surface area contributed by atoms with Crippen molar-refractivity contribution in [2.75, 3.05) is 18.0 Å². The van der Waals surface area contributed by atoms with E-state index in [-0.39, 0.29) is 21.2 Å². The highest BCUT2D eigenvalue weighted by atomic mass is 32.2. The summed E-state index contributed by atoms with van der Waals surface area (Å²) >= 11 is 1.78. The molecule has 1 spiro atoms. The number of allylic oxidation sites excluding steroid dienone is 3. The van der Waals surface area contributed by atoms with Gasteiger partial charge >= 0.3 is 5.63 Å². The zero-order valence-electron chi connectivity index (χ0n) is 21.7. The van der Waals surface area contributed by atoms with Crippen molar-refractivity contribution in [3.8, 4) is 0 Å². The predicted octanol–water partition coefficient (Wildman–Crippen LogP) is 7.18. The van der Waals surface area contributed by atoms with Crippen LogP contribution < -0.4 is 10.5 Å². The summed E-state index contributed by atoms with van der Waals surface area (Å²) in [6.07, 6.45) is 3.50. The number of aliphatic imine (C=N–C) groups is 1. The van der Waals surface area contributed by atoms with Crippen LogP contribution in [0.25, 0.3) is 11.0 Å². The van der Waals surface area contributed by atoms with Crippen LogP contribution in [0.2, 0.25) is 0 Å². The van der Waals surface area contributed by atoms with E-state index in [1.54, 1.807) is 11.8 Å². The molecule has 2 aliphatic carbocycles. The molecule has 5 rings (SSSR count). The summed E-state index contributed by atoms with van der Waals surface area (Å²) < 4.78 is 5.82. The Morgan fingerprint density at radius 2 is 1.79 bits per heavy atom. The number of thioether (sulfide) groups is 1. The van der Waals surface area contributed by atoms with Gasteiger partial charge in [-0.2, -0.15) is 0 Å². The van der Waals surface area contributed by atoms with E-state index >= 15 is 0 Å². The first-order chi connectivity index (χ1) is 15.9. The van der Waals surface area contributed by atoms with Crippen LogP contribution in [0.5, 0.6) is 0 Å². The van der Waals surface area contributed by atoms with Gasteiger partial charge in [0.05, 0.1) is 16.0 Å². The first kappa shape index (κ1) is 23.5. The van der Waals surface area contributed by atoms with Gasteiger partial charge in [0.15, 0.2) is 0 Å². The third kappa shape index (κ3) is 3.59. The fourth-order valence-electron chi connectivity index (χ4n) is 5.49. The second-order valence-electron chi connectivity index (χ2n) is 11.9. The monoisotopic (exact) mass is 476 g/mol. The van der Waals surface area contributed by atoms with Crippen molar-refractivity contribution < 1.29 is 4.42 Å². The highest BCUT2D eigenvalue weighted by Crippen LogP contribution is 2.71. The number of anilines is 1. The fourth-order valence-corrected chi connectivity index (χ4v) is 7.00. The van der Waals surface area contributed by atoms with E-state index in [0.29, 0.717) is 17.1 Å². The Kier molecular flexibility index (Phi) is 5.26. The Bertz CT molecular complexity index is 1330. The molecule has 0 radical (unpaired) electrons. The highest BCUT2D eigenvalue weighted by Gasteiger charge is 2.66. The summed E-state index contributed by atoms with van der Waals surface area (Å²) in [4.78, 5) is 20.6. The molecule has 2 heterocycles. The molecule has 0 amide bonds. The molecule has 3 aliphatic rings. The van der Waals surface area contributed by atoms with Gasteiger partial charge in [0.25, 0.3) is 0 Å². The summed E-state index contributed by atoms with van der Waals surface area (Å²) in [5.74, 6) is 0.490. The van der Waals surface area contributed by atoms with E-state index in [4.69, 9.17) is 9.41 Å². The second-order valence-corrected chi connectivity index (χ2v) is 13.2. The molecule has 1 aromatic heterocycles. The van der Waals surface area contributed by atoms with Crippen molar-refractivity contribution in [1.29, 1.82) is 0 Å². The standard InChI is InChI=1S/C29H36N2O2S/c1-9-31(10-2)18-12-11-17-13-19(26(32)33-23(17)14-18)25-30-24-21(28(6,7)8)15-20(27(3,4)5)22-16-29(22,24)34-25/h11-15,22H,9-10,16H2,1-8H3. The van der Waals surface area contributed by atoms with Crippen molar-refractivity contribution in [3.63, 3.8) is 0 Å². The highest BCUT2D eigenvalue weighted by molar-refractivity contribution is 8.16.